The molecule has 1 aromatic rings. The Morgan fingerprint density at radius 2 is 2.27 bits per heavy atom. The molecular formula is C11H17N3S. The third-order valence-corrected chi connectivity index (χ3v) is 3.44. The molecule has 0 atom stereocenters. The van der Waals surface area contributed by atoms with E-state index in [0.717, 1.165) is 18.1 Å². The van der Waals surface area contributed by atoms with E-state index in [1.54, 1.807) is 0 Å². The van der Waals surface area contributed by atoms with Gasteiger partial charge in [-0.2, -0.15) is 5.26 Å². The maximum atomic E-state index is 8.82. The summed E-state index contributed by atoms with van der Waals surface area (Å²) in [7, 11) is 0. The molecule has 2 N–H and O–H groups in total. The van der Waals surface area contributed by atoms with Crippen LogP contribution in [0.3, 0.4) is 0 Å². The quantitative estimate of drug-likeness (QED) is 0.835. The smallest absolute Gasteiger partial charge is 0.129 e. The van der Waals surface area contributed by atoms with E-state index in [4.69, 9.17) is 11.0 Å². The fourth-order valence-electron chi connectivity index (χ4n) is 1.41. The molecule has 1 heterocycles. The summed E-state index contributed by atoms with van der Waals surface area (Å²) in [4.78, 5) is 2.89. The second-order valence-electron chi connectivity index (χ2n) is 3.41. The minimum Gasteiger partial charge on any atom is -0.397 e. The van der Waals surface area contributed by atoms with Gasteiger partial charge in [0.1, 0.15) is 10.9 Å². The van der Waals surface area contributed by atoms with Gasteiger partial charge in [0.15, 0.2) is 0 Å². The van der Waals surface area contributed by atoms with Gasteiger partial charge in [-0.15, -0.1) is 11.3 Å². The molecule has 1 rings (SSSR count). The lowest BCUT2D eigenvalue weighted by atomic mass is 10.3. The van der Waals surface area contributed by atoms with Crippen LogP contribution in [0.2, 0.25) is 0 Å². The molecule has 15 heavy (non-hydrogen) atoms. The van der Waals surface area contributed by atoms with Crippen molar-refractivity contribution < 1.29 is 0 Å². The molecule has 82 valence electrons. The molecule has 0 saturated carbocycles. The Morgan fingerprint density at radius 1 is 1.53 bits per heavy atom. The van der Waals surface area contributed by atoms with Crippen molar-refractivity contribution in [2.75, 3.05) is 23.7 Å². The zero-order valence-electron chi connectivity index (χ0n) is 9.29. The Labute approximate surface area is 95.1 Å². The fourth-order valence-corrected chi connectivity index (χ4v) is 2.37. The fraction of sp³-hybridized carbons (Fsp3) is 0.545. The van der Waals surface area contributed by atoms with Crippen LogP contribution in [0.4, 0.5) is 10.7 Å². The summed E-state index contributed by atoms with van der Waals surface area (Å²) in [6.07, 6.45) is 2.36. The Hall–Kier alpha value is -1.21. The first-order valence-corrected chi connectivity index (χ1v) is 6.08. The number of rotatable bonds is 5. The molecule has 3 nitrogen and oxygen atoms in total. The van der Waals surface area contributed by atoms with Crippen molar-refractivity contribution in [3.63, 3.8) is 0 Å². The first kappa shape index (κ1) is 11.9. The van der Waals surface area contributed by atoms with E-state index in [-0.39, 0.29) is 0 Å². The maximum Gasteiger partial charge on any atom is 0.129 e. The lowest BCUT2D eigenvalue weighted by molar-refractivity contribution is 0.736. The van der Waals surface area contributed by atoms with E-state index >= 15 is 0 Å². The van der Waals surface area contributed by atoms with E-state index in [9.17, 15) is 0 Å². The average Bonchev–Trinajstić information content (AvgIpc) is 2.61. The number of unbranched alkanes of at least 4 members (excludes halogenated alkanes) is 1. The molecule has 0 radical (unpaired) electrons. The van der Waals surface area contributed by atoms with Crippen LogP contribution >= 0.6 is 11.3 Å². The lowest BCUT2D eigenvalue weighted by Gasteiger charge is -2.20. The summed E-state index contributed by atoms with van der Waals surface area (Å²) >= 11 is 1.48. The monoisotopic (exact) mass is 223 g/mol. The molecule has 0 aliphatic carbocycles. The summed E-state index contributed by atoms with van der Waals surface area (Å²) in [5.41, 5.74) is 6.34. The SMILES string of the molecule is CCCCN(CC)c1cc(N)c(C#N)s1. The Balaban J connectivity index is 2.79. The number of thiophene rings is 1. The minimum atomic E-state index is 0.604. The van der Waals surface area contributed by atoms with Crippen molar-refractivity contribution in [3.05, 3.63) is 10.9 Å². The highest BCUT2D eigenvalue weighted by atomic mass is 32.1. The molecule has 4 heteroatoms. The van der Waals surface area contributed by atoms with Crippen LogP contribution in [-0.2, 0) is 0 Å². The van der Waals surface area contributed by atoms with Gasteiger partial charge in [-0.25, -0.2) is 0 Å². The van der Waals surface area contributed by atoms with E-state index < -0.39 is 0 Å². The van der Waals surface area contributed by atoms with Crippen LogP contribution in [0.25, 0.3) is 0 Å². The molecule has 0 saturated heterocycles. The summed E-state index contributed by atoms with van der Waals surface area (Å²) in [5.74, 6) is 0. The average molecular weight is 223 g/mol. The number of hydrogen-bond acceptors (Lipinski definition) is 4. The lowest BCUT2D eigenvalue weighted by Crippen LogP contribution is -2.22. The molecule has 0 unspecified atom stereocenters. The second-order valence-corrected chi connectivity index (χ2v) is 4.44. The zero-order chi connectivity index (χ0) is 11.3. The molecule has 0 bridgehead atoms. The van der Waals surface area contributed by atoms with Crippen molar-refractivity contribution >= 4 is 22.0 Å². The molecule has 0 spiro atoms. The number of nitriles is 1. The van der Waals surface area contributed by atoms with Gasteiger partial charge in [0.05, 0.1) is 10.7 Å². The highest BCUT2D eigenvalue weighted by molar-refractivity contribution is 7.17. The van der Waals surface area contributed by atoms with Crippen LogP contribution in [0.15, 0.2) is 6.07 Å². The summed E-state index contributed by atoms with van der Waals surface area (Å²) in [6.45, 7) is 6.30. The molecule has 0 fully saturated rings. The largest absolute Gasteiger partial charge is 0.397 e. The van der Waals surface area contributed by atoms with Crippen molar-refractivity contribution in [2.45, 2.75) is 26.7 Å². The van der Waals surface area contributed by atoms with E-state index in [1.807, 2.05) is 6.07 Å². The van der Waals surface area contributed by atoms with Crippen LogP contribution < -0.4 is 10.6 Å². The number of hydrogen-bond donors (Lipinski definition) is 1. The Bertz CT molecular complexity index is 351. The first-order valence-electron chi connectivity index (χ1n) is 5.27. The van der Waals surface area contributed by atoms with Gasteiger partial charge in [-0.3, -0.25) is 0 Å². The molecule has 1 aromatic heterocycles. The number of nitrogens with two attached hydrogens (primary N) is 1. The van der Waals surface area contributed by atoms with E-state index in [2.05, 4.69) is 24.8 Å². The first-order chi connectivity index (χ1) is 7.22. The maximum absolute atomic E-state index is 8.82. The third-order valence-electron chi connectivity index (χ3n) is 2.32. The topological polar surface area (TPSA) is 53.0 Å². The van der Waals surface area contributed by atoms with Crippen LogP contribution in [0.5, 0.6) is 0 Å². The van der Waals surface area contributed by atoms with Gasteiger partial charge >= 0.3 is 0 Å². The molecule has 0 aliphatic rings. The van der Waals surface area contributed by atoms with Crippen LogP contribution in [0, 0.1) is 11.3 Å². The summed E-state index contributed by atoms with van der Waals surface area (Å²) in [5, 5.41) is 9.94. The van der Waals surface area contributed by atoms with Gasteiger partial charge in [0.25, 0.3) is 0 Å². The molecule has 0 aromatic carbocycles. The molecule has 0 aliphatic heterocycles. The van der Waals surface area contributed by atoms with Gasteiger partial charge in [-0.05, 0) is 19.4 Å². The van der Waals surface area contributed by atoms with Crippen molar-refractivity contribution in [1.82, 2.24) is 0 Å². The van der Waals surface area contributed by atoms with Crippen molar-refractivity contribution in [1.29, 1.82) is 5.26 Å². The normalized spacial score (nSPS) is 9.93. The summed E-state index contributed by atoms with van der Waals surface area (Å²) < 4.78 is 0. The van der Waals surface area contributed by atoms with Crippen LogP contribution in [0.1, 0.15) is 31.6 Å². The predicted molar refractivity (Wildman–Crippen MR) is 66.2 cm³/mol. The molecule has 0 amide bonds. The van der Waals surface area contributed by atoms with Crippen LogP contribution in [-0.4, -0.2) is 13.1 Å². The van der Waals surface area contributed by atoms with E-state index in [0.29, 0.717) is 10.6 Å². The number of nitrogen functional groups attached to an aromatic ring is 1. The highest BCUT2D eigenvalue weighted by Gasteiger charge is 2.10. The molecular weight excluding hydrogens is 206 g/mol. The summed E-state index contributed by atoms with van der Waals surface area (Å²) in [6, 6.07) is 4.02. The number of nitrogens with zero attached hydrogens (tertiary/aromatic N) is 2. The Morgan fingerprint density at radius 3 is 2.73 bits per heavy atom. The Kier molecular flexibility index (Phi) is 4.44. The minimum absolute atomic E-state index is 0.604. The van der Waals surface area contributed by atoms with Gasteiger partial charge in [0.2, 0.25) is 0 Å². The number of anilines is 2. The standard InChI is InChI=1S/C11H17N3S/c1-3-5-6-14(4-2)11-7-9(13)10(8-12)15-11/h7H,3-6,13H2,1-2H3. The van der Waals surface area contributed by atoms with Gasteiger partial charge < -0.3 is 10.6 Å². The second kappa shape index (κ2) is 5.62. The van der Waals surface area contributed by atoms with Crippen molar-refractivity contribution in [3.8, 4) is 6.07 Å². The highest BCUT2D eigenvalue weighted by Crippen LogP contribution is 2.31. The predicted octanol–water partition coefficient (Wildman–Crippen LogP) is 2.83. The van der Waals surface area contributed by atoms with Gasteiger partial charge in [-0.1, -0.05) is 13.3 Å². The van der Waals surface area contributed by atoms with Gasteiger partial charge in [0, 0.05) is 13.1 Å². The zero-order valence-corrected chi connectivity index (χ0v) is 10.1. The van der Waals surface area contributed by atoms with Crippen molar-refractivity contribution in [2.24, 2.45) is 0 Å². The van der Waals surface area contributed by atoms with E-state index in [1.165, 1.54) is 24.2 Å². The third kappa shape index (κ3) is 2.87.